The Bertz CT molecular complexity index is 312. The maximum absolute atomic E-state index is 5.50. The van der Waals surface area contributed by atoms with E-state index < -0.39 is 0 Å². The third kappa shape index (κ3) is 1.99. The van der Waals surface area contributed by atoms with E-state index in [1.165, 1.54) is 5.56 Å². The normalized spacial score (nSPS) is 14.1. The average Bonchev–Trinajstić information content (AvgIpc) is 2.26. The highest BCUT2D eigenvalue weighted by atomic mass is 16.5. The molecular formula is C11H16N2O. The van der Waals surface area contributed by atoms with Crippen LogP contribution in [0.4, 0.5) is 5.69 Å². The second-order valence-electron chi connectivity index (χ2n) is 3.46. The molecule has 0 radical (unpaired) electrons. The quantitative estimate of drug-likeness (QED) is 0.756. The topological polar surface area (TPSA) is 33.3 Å². The van der Waals surface area contributed by atoms with Gasteiger partial charge in [0.15, 0.2) is 0 Å². The zero-order chi connectivity index (χ0) is 9.80. The van der Waals surface area contributed by atoms with Crippen molar-refractivity contribution < 1.29 is 4.74 Å². The van der Waals surface area contributed by atoms with Gasteiger partial charge in [-0.1, -0.05) is 6.07 Å². The van der Waals surface area contributed by atoms with Gasteiger partial charge in [0.25, 0.3) is 0 Å². The highest BCUT2D eigenvalue weighted by molar-refractivity contribution is 5.59. The molecule has 0 fully saturated rings. The molecule has 14 heavy (non-hydrogen) atoms. The number of nitrogens with one attached hydrogen (secondary N) is 2. The summed E-state index contributed by atoms with van der Waals surface area (Å²) in [7, 11) is 1.97. The van der Waals surface area contributed by atoms with Gasteiger partial charge in [0.1, 0.15) is 12.4 Å². The fraction of sp³-hybridized carbons (Fsp3) is 0.455. The molecule has 1 aromatic carbocycles. The van der Waals surface area contributed by atoms with E-state index in [9.17, 15) is 0 Å². The minimum atomic E-state index is 0.767. The first-order valence-corrected chi connectivity index (χ1v) is 5.04. The highest BCUT2D eigenvalue weighted by Crippen LogP contribution is 2.27. The molecule has 0 unspecified atom stereocenters. The summed E-state index contributed by atoms with van der Waals surface area (Å²) >= 11 is 0. The predicted molar refractivity (Wildman–Crippen MR) is 58.1 cm³/mol. The SMILES string of the molecule is CNCCc1ccc2c(c1)NCCO2. The van der Waals surface area contributed by atoms with E-state index in [4.69, 9.17) is 4.74 Å². The van der Waals surface area contributed by atoms with Crippen LogP contribution in [-0.4, -0.2) is 26.7 Å². The zero-order valence-corrected chi connectivity index (χ0v) is 8.47. The van der Waals surface area contributed by atoms with Gasteiger partial charge in [-0.05, 0) is 37.7 Å². The van der Waals surface area contributed by atoms with Gasteiger partial charge >= 0.3 is 0 Å². The molecular weight excluding hydrogens is 176 g/mol. The van der Waals surface area contributed by atoms with E-state index in [-0.39, 0.29) is 0 Å². The van der Waals surface area contributed by atoms with Crippen LogP contribution in [0.5, 0.6) is 5.75 Å². The summed E-state index contributed by atoms with van der Waals surface area (Å²) < 4.78 is 5.50. The molecule has 2 rings (SSSR count). The summed E-state index contributed by atoms with van der Waals surface area (Å²) in [4.78, 5) is 0. The Kier molecular flexibility index (Phi) is 2.89. The lowest BCUT2D eigenvalue weighted by Crippen LogP contribution is -2.18. The van der Waals surface area contributed by atoms with Gasteiger partial charge in [-0.3, -0.25) is 0 Å². The monoisotopic (exact) mass is 192 g/mol. The van der Waals surface area contributed by atoms with Crippen molar-refractivity contribution >= 4 is 5.69 Å². The standard InChI is InChI=1S/C11H16N2O/c1-12-5-4-9-2-3-11-10(8-9)13-6-7-14-11/h2-3,8,12-13H,4-7H2,1H3. The Morgan fingerprint density at radius 1 is 1.50 bits per heavy atom. The molecule has 0 spiro atoms. The van der Waals surface area contributed by atoms with Gasteiger partial charge in [0, 0.05) is 6.54 Å². The van der Waals surface area contributed by atoms with Crippen LogP contribution in [0.3, 0.4) is 0 Å². The number of anilines is 1. The van der Waals surface area contributed by atoms with Crippen molar-refractivity contribution in [1.82, 2.24) is 5.32 Å². The highest BCUT2D eigenvalue weighted by Gasteiger charge is 2.08. The van der Waals surface area contributed by atoms with Crippen molar-refractivity contribution in [2.45, 2.75) is 6.42 Å². The van der Waals surface area contributed by atoms with Crippen molar-refractivity contribution in [2.75, 3.05) is 32.1 Å². The van der Waals surface area contributed by atoms with Crippen LogP contribution in [0.25, 0.3) is 0 Å². The van der Waals surface area contributed by atoms with Gasteiger partial charge in [-0.2, -0.15) is 0 Å². The molecule has 3 nitrogen and oxygen atoms in total. The summed E-state index contributed by atoms with van der Waals surface area (Å²) in [5, 5.41) is 6.48. The molecule has 0 saturated heterocycles. The van der Waals surface area contributed by atoms with Crippen molar-refractivity contribution in [3.8, 4) is 5.75 Å². The van der Waals surface area contributed by atoms with Gasteiger partial charge < -0.3 is 15.4 Å². The number of benzene rings is 1. The Labute approximate surface area is 84.5 Å². The molecule has 1 heterocycles. The van der Waals surface area contributed by atoms with Crippen LogP contribution in [0.1, 0.15) is 5.56 Å². The Morgan fingerprint density at radius 3 is 3.29 bits per heavy atom. The Morgan fingerprint density at radius 2 is 2.43 bits per heavy atom. The second kappa shape index (κ2) is 4.33. The van der Waals surface area contributed by atoms with Gasteiger partial charge in [0.05, 0.1) is 5.69 Å². The lowest BCUT2D eigenvalue weighted by atomic mass is 10.1. The third-order valence-corrected chi connectivity index (χ3v) is 2.38. The first-order valence-electron chi connectivity index (χ1n) is 5.04. The van der Waals surface area contributed by atoms with Gasteiger partial charge in [0.2, 0.25) is 0 Å². The van der Waals surface area contributed by atoms with Crippen molar-refractivity contribution in [2.24, 2.45) is 0 Å². The molecule has 0 aromatic heterocycles. The first kappa shape index (κ1) is 9.34. The maximum Gasteiger partial charge on any atom is 0.142 e. The smallest absolute Gasteiger partial charge is 0.142 e. The summed E-state index contributed by atoms with van der Waals surface area (Å²) in [5.41, 5.74) is 2.47. The third-order valence-electron chi connectivity index (χ3n) is 2.38. The summed E-state index contributed by atoms with van der Waals surface area (Å²) in [5.74, 6) is 0.976. The minimum absolute atomic E-state index is 0.767. The van der Waals surface area contributed by atoms with E-state index in [0.29, 0.717) is 0 Å². The number of hydrogen-bond acceptors (Lipinski definition) is 3. The lowest BCUT2D eigenvalue weighted by Gasteiger charge is -2.19. The van der Waals surface area contributed by atoms with E-state index in [2.05, 4.69) is 22.8 Å². The van der Waals surface area contributed by atoms with Crippen LogP contribution in [-0.2, 0) is 6.42 Å². The van der Waals surface area contributed by atoms with Crippen LogP contribution in [0, 0.1) is 0 Å². The molecule has 76 valence electrons. The number of hydrogen-bond donors (Lipinski definition) is 2. The molecule has 0 saturated carbocycles. The average molecular weight is 192 g/mol. The van der Waals surface area contributed by atoms with Gasteiger partial charge in [-0.15, -0.1) is 0 Å². The molecule has 0 amide bonds. The number of ether oxygens (including phenoxy) is 1. The summed E-state index contributed by atoms with van der Waals surface area (Å²) in [6, 6.07) is 6.35. The van der Waals surface area contributed by atoms with Crippen LogP contribution in [0.2, 0.25) is 0 Å². The van der Waals surface area contributed by atoms with E-state index >= 15 is 0 Å². The maximum atomic E-state index is 5.50. The van der Waals surface area contributed by atoms with Crippen LogP contribution < -0.4 is 15.4 Å². The van der Waals surface area contributed by atoms with Crippen molar-refractivity contribution in [3.05, 3.63) is 23.8 Å². The number of likely N-dealkylation sites (N-methyl/N-ethyl adjacent to an activating group) is 1. The zero-order valence-electron chi connectivity index (χ0n) is 8.47. The van der Waals surface area contributed by atoms with Crippen molar-refractivity contribution in [1.29, 1.82) is 0 Å². The predicted octanol–water partition coefficient (Wildman–Crippen LogP) is 1.25. The summed E-state index contributed by atoms with van der Waals surface area (Å²) in [6.07, 6.45) is 1.06. The van der Waals surface area contributed by atoms with E-state index in [1.807, 2.05) is 13.1 Å². The first-order chi connectivity index (χ1) is 6.90. The van der Waals surface area contributed by atoms with E-state index in [0.717, 1.165) is 37.6 Å². The number of rotatable bonds is 3. The molecule has 1 aliphatic rings. The Balaban J connectivity index is 2.12. The molecule has 3 heteroatoms. The molecule has 0 atom stereocenters. The molecule has 1 aliphatic heterocycles. The van der Waals surface area contributed by atoms with Gasteiger partial charge in [-0.25, -0.2) is 0 Å². The molecule has 1 aromatic rings. The van der Waals surface area contributed by atoms with E-state index in [1.54, 1.807) is 0 Å². The largest absolute Gasteiger partial charge is 0.490 e. The minimum Gasteiger partial charge on any atom is -0.490 e. The second-order valence-corrected chi connectivity index (χ2v) is 3.46. The molecule has 2 N–H and O–H groups in total. The fourth-order valence-corrected chi connectivity index (χ4v) is 1.61. The summed E-state index contributed by atoms with van der Waals surface area (Å²) in [6.45, 7) is 2.69. The molecule has 0 aliphatic carbocycles. The number of fused-ring (bicyclic) bond motifs is 1. The lowest BCUT2D eigenvalue weighted by molar-refractivity contribution is 0.323. The van der Waals surface area contributed by atoms with Crippen LogP contribution in [0.15, 0.2) is 18.2 Å². The van der Waals surface area contributed by atoms with Crippen molar-refractivity contribution in [3.63, 3.8) is 0 Å². The Hall–Kier alpha value is -1.22. The fourth-order valence-electron chi connectivity index (χ4n) is 1.61. The molecule has 0 bridgehead atoms. The van der Waals surface area contributed by atoms with Crippen LogP contribution >= 0.6 is 0 Å².